The first-order valence-electron chi connectivity index (χ1n) is 14.8. The van der Waals surface area contributed by atoms with E-state index < -0.39 is 51.6 Å². The van der Waals surface area contributed by atoms with Crippen molar-refractivity contribution in [3.05, 3.63) is 102 Å². The molecular weight excluding hydrogens is 598 g/mol. The van der Waals surface area contributed by atoms with Crippen molar-refractivity contribution in [1.82, 2.24) is 15.6 Å². The number of para-hydroxylation sites is 2. The number of fused-ring (bicyclic) bond motifs is 1. The number of carbonyl (C=O) groups is 3. The summed E-state index contributed by atoms with van der Waals surface area (Å²) < 4.78 is 43.0. The minimum Gasteiger partial charge on any atom is -0.446 e. The van der Waals surface area contributed by atoms with E-state index in [0.717, 1.165) is 5.56 Å². The molecule has 0 spiro atoms. The summed E-state index contributed by atoms with van der Waals surface area (Å²) >= 11 is 0. The second kappa shape index (κ2) is 15.0. The van der Waals surface area contributed by atoms with E-state index in [4.69, 9.17) is 13.9 Å². The van der Waals surface area contributed by atoms with Gasteiger partial charge in [-0.05, 0) is 36.1 Å². The first-order valence-corrected chi connectivity index (χ1v) is 16.6. The van der Waals surface area contributed by atoms with E-state index in [1.54, 1.807) is 54.6 Å². The van der Waals surface area contributed by atoms with Crippen molar-refractivity contribution >= 4 is 38.7 Å². The van der Waals surface area contributed by atoms with Gasteiger partial charge in [0, 0.05) is 12.8 Å². The van der Waals surface area contributed by atoms with E-state index in [9.17, 15) is 22.8 Å². The maximum absolute atomic E-state index is 13.8. The molecule has 4 aromatic rings. The number of sulfone groups is 1. The number of rotatable bonds is 13. The highest BCUT2D eigenvalue weighted by Crippen LogP contribution is 2.18. The largest absolute Gasteiger partial charge is 0.446 e. The zero-order chi connectivity index (χ0) is 31.6. The van der Waals surface area contributed by atoms with E-state index in [2.05, 4.69) is 15.6 Å². The topological polar surface area (TPSA) is 154 Å². The lowest BCUT2D eigenvalue weighted by Gasteiger charge is -2.25. The molecule has 0 bridgehead atoms. The quantitative estimate of drug-likeness (QED) is 0.208. The van der Waals surface area contributed by atoms with E-state index >= 15 is 0 Å². The molecule has 236 valence electrons. The summed E-state index contributed by atoms with van der Waals surface area (Å²) in [6, 6.07) is 22.2. The van der Waals surface area contributed by atoms with Crippen molar-refractivity contribution in [3.63, 3.8) is 0 Å². The third kappa shape index (κ3) is 9.22. The molecule has 2 atom stereocenters. The Morgan fingerprint density at radius 2 is 1.49 bits per heavy atom. The monoisotopic (exact) mass is 633 g/mol. The third-order valence-corrected chi connectivity index (χ3v) is 9.02. The fourth-order valence-corrected chi connectivity index (χ4v) is 6.63. The Morgan fingerprint density at radius 3 is 2.18 bits per heavy atom. The van der Waals surface area contributed by atoms with Crippen LogP contribution in [0.5, 0.6) is 0 Å². The zero-order valence-corrected chi connectivity index (χ0v) is 25.4. The number of nitrogens with one attached hydrogen (secondary N) is 2. The van der Waals surface area contributed by atoms with Crippen LogP contribution in [0.4, 0.5) is 4.79 Å². The van der Waals surface area contributed by atoms with Gasteiger partial charge < -0.3 is 24.5 Å². The molecule has 1 fully saturated rings. The van der Waals surface area contributed by atoms with E-state index in [0.29, 0.717) is 49.1 Å². The van der Waals surface area contributed by atoms with E-state index in [-0.39, 0.29) is 18.1 Å². The summed E-state index contributed by atoms with van der Waals surface area (Å²) in [5.41, 5.74) is 2.36. The maximum atomic E-state index is 13.8. The van der Waals surface area contributed by atoms with Gasteiger partial charge >= 0.3 is 6.09 Å². The highest BCUT2D eigenvalue weighted by atomic mass is 32.2. The Morgan fingerprint density at radius 1 is 0.844 bits per heavy atom. The fraction of sp³-hybridized carbons (Fsp3) is 0.333. The predicted octanol–water partition coefficient (Wildman–Crippen LogP) is 4.02. The number of benzene rings is 3. The van der Waals surface area contributed by atoms with Gasteiger partial charge in [0.1, 0.15) is 17.7 Å². The van der Waals surface area contributed by atoms with Crippen LogP contribution in [0.1, 0.15) is 41.1 Å². The molecule has 1 aliphatic rings. The number of ketones is 1. The van der Waals surface area contributed by atoms with Crippen LogP contribution < -0.4 is 10.6 Å². The molecule has 2 heterocycles. The number of oxazole rings is 1. The molecule has 12 heteroatoms. The van der Waals surface area contributed by atoms with Crippen molar-refractivity contribution in [2.75, 3.05) is 19.0 Å². The Balaban J connectivity index is 1.37. The maximum Gasteiger partial charge on any atom is 0.408 e. The molecule has 5 rings (SSSR count). The molecule has 45 heavy (non-hydrogen) atoms. The van der Waals surface area contributed by atoms with E-state index in [1.807, 2.05) is 30.3 Å². The number of alkyl carbamates (subject to hydrolysis) is 1. The van der Waals surface area contributed by atoms with Gasteiger partial charge in [-0.25, -0.2) is 18.2 Å². The third-order valence-electron chi connectivity index (χ3n) is 7.40. The molecule has 0 saturated carbocycles. The predicted molar refractivity (Wildman–Crippen MR) is 166 cm³/mol. The second-order valence-corrected chi connectivity index (χ2v) is 13.0. The summed E-state index contributed by atoms with van der Waals surface area (Å²) in [7, 11) is -3.91. The fourth-order valence-electron chi connectivity index (χ4n) is 5.07. The van der Waals surface area contributed by atoms with Gasteiger partial charge in [0.2, 0.25) is 11.7 Å². The van der Waals surface area contributed by atoms with Crippen molar-refractivity contribution < 1.29 is 36.7 Å². The first-order chi connectivity index (χ1) is 21.8. The van der Waals surface area contributed by atoms with Crippen LogP contribution >= 0.6 is 0 Å². The number of carbonyl (C=O) groups excluding carboxylic acids is 3. The van der Waals surface area contributed by atoms with Gasteiger partial charge in [0.05, 0.1) is 30.8 Å². The number of amides is 2. The summed E-state index contributed by atoms with van der Waals surface area (Å²) in [6.07, 6.45) is 0.205. The number of hydrogen-bond donors (Lipinski definition) is 2. The number of nitrogens with zero attached hydrogens (tertiary/aromatic N) is 1. The van der Waals surface area contributed by atoms with Crippen LogP contribution in [-0.4, -0.2) is 68.3 Å². The smallest absolute Gasteiger partial charge is 0.408 e. The second-order valence-electron chi connectivity index (χ2n) is 10.9. The molecule has 1 saturated heterocycles. The zero-order valence-electron chi connectivity index (χ0n) is 24.6. The summed E-state index contributed by atoms with van der Waals surface area (Å²) in [6.45, 7) is 0.850. The van der Waals surface area contributed by atoms with Crippen LogP contribution in [0, 0.1) is 0 Å². The Bertz CT molecular complexity index is 1670. The minimum absolute atomic E-state index is 0.170. The molecule has 1 aromatic heterocycles. The summed E-state index contributed by atoms with van der Waals surface area (Å²) in [4.78, 5) is 44.6. The van der Waals surface area contributed by atoms with Crippen LogP contribution in [0.3, 0.4) is 0 Å². The SMILES string of the molecule is O=C(N[C@@H](CS(=O)(=O)Cc1ccccc1)C(=O)N[C@@H](CCc1ccccc1)C(=O)c1nc2ccccc2o1)OC1CCOCC1. The first kappa shape index (κ1) is 31.9. The number of Topliss-reactive ketones (excluding diaryl/α,β-unsaturated/α-hetero) is 1. The molecule has 0 unspecified atom stereocenters. The Labute approximate surface area is 261 Å². The number of ether oxygens (including phenoxy) is 2. The number of hydrogen-bond acceptors (Lipinski definition) is 9. The highest BCUT2D eigenvalue weighted by Gasteiger charge is 2.33. The molecule has 2 amide bonds. The molecular formula is C33H35N3O8S. The van der Waals surface area contributed by atoms with Crippen molar-refractivity contribution in [2.24, 2.45) is 0 Å². The van der Waals surface area contributed by atoms with Gasteiger partial charge in [-0.3, -0.25) is 9.59 Å². The van der Waals surface area contributed by atoms with Crippen LogP contribution in [0.2, 0.25) is 0 Å². The van der Waals surface area contributed by atoms with Crippen molar-refractivity contribution in [3.8, 4) is 0 Å². The highest BCUT2D eigenvalue weighted by molar-refractivity contribution is 7.90. The summed E-state index contributed by atoms with van der Waals surface area (Å²) in [5.74, 6) is -2.66. The molecule has 3 aromatic carbocycles. The average molecular weight is 634 g/mol. The molecule has 0 radical (unpaired) electrons. The Hall–Kier alpha value is -4.55. The lowest BCUT2D eigenvalue weighted by Crippen LogP contribution is -2.54. The minimum atomic E-state index is -3.91. The molecule has 1 aliphatic heterocycles. The molecule has 11 nitrogen and oxygen atoms in total. The van der Waals surface area contributed by atoms with Crippen LogP contribution in [-0.2, 0) is 36.3 Å². The number of aryl methyl sites for hydroxylation is 1. The van der Waals surface area contributed by atoms with E-state index in [1.165, 1.54) is 0 Å². The van der Waals surface area contributed by atoms with Crippen molar-refractivity contribution in [2.45, 2.75) is 49.6 Å². The lowest BCUT2D eigenvalue weighted by atomic mass is 10.0. The average Bonchev–Trinajstić information content (AvgIpc) is 3.48. The molecule has 2 N–H and O–H groups in total. The normalized spacial score (nSPS) is 15.2. The Kier molecular flexibility index (Phi) is 10.6. The van der Waals surface area contributed by atoms with Crippen LogP contribution in [0.25, 0.3) is 11.1 Å². The van der Waals surface area contributed by atoms with Crippen molar-refractivity contribution in [1.29, 1.82) is 0 Å². The van der Waals surface area contributed by atoms with Crippen LogP contribution in [0.15, 0.2) is 89.3 Å². The van der Waals surface area contributed by atoms with Gasteiger partial charge in [-0.15, -0.1) is 0 Å². The van der Waals surface area contributed by atoms with Gasteiger partial charge in [-0.2, -0.15) is 0 Å². The summed E-state index contributed by atoms with van der Waals surface area (Å²) in [5, 5.41) is 5.12. The lowest BCUT2D eigenvalue weighted by molar-refractivity contribution is -0.123. The molecule has 0 aliphatic carbocycles. The van der Waals surface area contributed by atoms with Gasteiger partial charge in [0.15, 0.2) is 15.4 Å². The standard InChI is InChI=1S/C33H35N3O8S/c37-30(32-35-26-13-7-8-14-29(26)44-32)27(16-15-23-9-3-1-4-10-23)34-31(38)28(36-33(39)43-25-17-19-42-20-18-25)22-45(40,41)21-24-11-5-2-6-12-24/h1-14,25,27-28H,15-22H2,(H,34,38)(H,36,39)/t27-,28-/m0/s1. The number of aromatic nitrogens is 1. The van der Waals surface area contributed by atoms with Gasteiger partial charge in [0.25, 0.3) is 5.89 Å². The van der Waals surface area contributed by atoms with Gasteiger partial charge in [-0.1, -0.05) is 72.8 Å².